The monoisotopic (exact) mass is 411 g/mol. The first-order valence-electron chi connectivity index (χ1n) is 10.3. The normalized spacial score (nSPS) is 15.6. The van der Waals surface area contributed by atoms with Crippen molar-refractivity contribution in [2.75, 3.05) is 36.4 Å². The molecule has 7 heteroatoms. The number of rotatable bonds is 5. The van der Waals surface area contributed by atoms with Gasteiger partial charge in [-0.2, -0.15) is 5.10 Å². The first kappa shape index (κ1) is 20.5. The van der Waals surface area contributed by atoms with E-state index in [0.717, 1.165) is 53.9 Å². The Balaban J connectivity index is 1.70. The lowest BCUT2D eigenvalue weighted by atomic mass is 9.97. The molecule has 1 aromatic heterocycles. The van der Waals surface area contributed by atoms with Crippen LogP contribution in [0.25, 0.3) is 10.8 Å². The lowest BCUT2D eigenvalue weighted by Gasteiger charge is -2.30. The summed E-state index contributed by atoms with van der Waals surface area (Å²) in [6.07, 6.45) is -2.49. The van der Waals surface area contributed by atoms with Crippen LogP contribution in [-0.2, 0) is 0 Å². The van der Waals surface area contributed by atoms with Crippen molar-refractivity contribution in [2.45, 2.75) is 33.2 Å². The predicted molar refractivity (Wildman–Crippen MR) is 118 cm³/mol. The Kier molecular flexibility index (Phi) is 5.81. The van der Waals surface area contributed by atoms with Gasteiger partial charge in [-0.25, -0.2) is 8.78 Å². The van der Waals surface area contributed by atoms with Gasteiger partial charge in [0.25, 0.3) is 6.43 Å². The highest BCUT2D eigenvalue weighted by Crippen LogP contribution is 2.32. The van der Waals surface area contributed by atoms with Crippen molar-refractivity contribution in [3.8, 4) is 0 Å². The van der Waals surface area contributed by atoms with Crippen molar-refractivity contribution in [3.63, 3.8) is 0 Å². The van der Waals surface area contributed by atoms with Crippen LogP contribution in [0.15, 0.2) is 36.4 Å². The third-order valence-corrected chi connectivity index (χ3v) is 5.90. The first-order chi connectivity index (χ1) is 14.5. The van der Waals surface area contributed by atoms with Gasteiger partial charge in [0, 0.05) is 48.2 Å². The van der Waals surface area contributed by atoms with Gasteiger partial charge in [0.05, 0.1) is 11.7 Å². The summed E-state index contributed by atoms with van der Waals surface area (Å²) >= 11 is 0. The minimum atomic E-state index is -2.49. The van der Waals surface area contributed by atoms with Crippen LogP contribution in [0.4, 0.5) is 20.3 Å². The SMILES string of the molecule is Cc1c(C(F)F)cccc1[C@@H](C)Nc1nnc(C)c2ccc(N3CCNCC3)cc12. The van der Waals surface area contributed by atoms with E-state index in [9.17, 15) is 8.78 Å². The lowest BCUT2D eigenvalue weighted by molar-refractivity contribution is 0.150. The van der Waals surface area contributed by atoms with Crippen LogP contribution in [0.1, 0.15) is 41.8 Å². The number of anilines is 2. The molecule has 4 rings (SSSR count). The molecular weight excluding hydrogens is 384 g/mol. The van der Waals surface area contributed by atoms with Gasteiger partial charge >= 0.3 is 0 Å². The van der Waals surface area contributed by atoms with Gasteiger partial charge in [0.2, 0.25) is 0 Å². The minimum Gasteiger partial charge on any atom is -0.369 e. The van der Waals surface area contributed by atoms with Crippen LogP contribution in [-0.4, -0.2) is 36.4 Å². The third kappa shape index (κ3) is 3.94. The molecule has 3 aromatic rings. The molecule has 0 bridgehead atoms. The fourth-order valence-electron chi connectivity index (χ4n) is 4.16. The number of benzene rings is 2. The molecule has 1 aliphatic rings. The largest absolute Gasteiger partial charge is 0.369 e. The van der Waals surface area contributed by atoms with E-state index in [1.165, 1.54) is 6.07 Å². The topological polar surface area (TPSA) is 53.1 Å². The number of aryl methyl sites for hydroxylation is 1. The average molecular weight is 412 g/mol. The van der Waals surface area contributed by atoms with Crippen molar-refractivity contribution in [2.24, 2.45) is 0 Å². The summed E-state index contributed by atoms with van der Waals surface area (Å²) in [5.41, 5.74) is 3.54. The predicted octanol–water partition coefficient (Wildman–Crippen LogP) is 4.77. The van der Waals surface area contributed by atoms with E-state index in [-0.39, 0.29) is 11.6 Å². The summed E-state index contributed by atoms with van der Waals surface area (Å²) in [7, 11) is 0. The summed E-state index contributed by atoms with van der Waals surface area (Å²) in [5, 5.41) is 17.5. The second-order valence-corrected chi connectivity index (χ2v) is 7.83. The molecule has 0 radical (unpaired) electrons. The number of hydrogen-bond donors (Lipinski definition) is 2. The summed E-state index contributed by atoms with van der Waals surface area (Å²) < 4.78 is 26.6. The maximum absolute atomic E-state index is 13.3. The van der Waals surface area contributed by atoms with Gasteiger partial charge in [-0.15, -0.1) is 5.10 Å². The molecular formula is C23H27F2N5. The fraction of sp³-hybridized carbons (Fsp3) is 0.391. The molecule has 1 atom stereocenters. The number of nitrogens with zero attached hydrogens (tertiary/aromatic N) is 3. The maximum atomic E-state index is 13.3. The van der Waals surface area contributed by atoms with Crippen molar-refractivity contribution in [1.29, 1.82) is 0 Å². The fourth-order valence-corrected chi connectivity index (χ4v) is 4.16. The third-order valence-electron chi connectivity index (χ3n) is 5.90. The number of nitrogens with one attached hydrogen (secondary N) is 2. The van der Waals surface area contributed by atoms with E-state index in [1.807, 2.05) is 19.9 Å². The van der Waals surface area contributed by atoms with Gasteiger partial charge in [-0.3, -0.25) is 0 Å². The van der Waals surface area contributed by atoms with Crippen LogP contribution < -0.4 is 15.5 Å². The Morgan fingerprint density at radius 2 is 1.73 bits per heavy atom. The standard InChI is InChI=1S/C23H27F2N5/c1-14-18(5-4-6-19(14)22(24)25)15(2)27-23-21-13-17(30-11-9-26-10-12-30)7-8-20(21)16(3)28-29-23/h4-8,13,15,22,26H,9-12H2,1-3H3,(H,27,29)/t15-/m1/s1. The van der Waals surface area contributed by atoms with Crippen molar-refractivity contribution in [1.82, 2.24) is 15.5 Å². The molecule has 2 aromatic carbocycles. The van der Waals surface area contributed by atoms with Gasteiger partial charge in [-0.05, 0) is 44.0 Å². The molecule has 0 unspecified atom stereocenters. The number of hydrogen-bond acceptors (Lipinski definition) is 5. The second-order valence-electron chi connectivity index (χ2n) is 7.83. The van der Waals surface area contributed by atoms with E-state index in [4.69, 9.17) is 0 Å². The molecule has 2 heterocycles. The lowest BCUT2D eigenvalue weighted by Crippen LogP contribution is -2.43. The van der Waals surface area contributed by atoms with Gasteiger partial charge < -0.3 is 15.5 Å². The van der Waals surface area contributed by atoms with E-state index in [1.54, 1.807) is 13.0 Å². The Morgan fingerprint density at radius 3 is 2.47 bits per heavy atom. The van der Waals surface area contributed by atoms with Crippen LogP contribution in [0.2, 0.25) is 0 Å². The average Bonchev–Trinajstić information content (AvgIpc) is 2.76. The summed E-state index contributed by atoms with van der Waals surface area (Å²) in [6.45, 7) is 9.51. The zero-order valence-corrected chi connectivity index (χ0v) is 17.5. The molecule has 0 spiro atoms. The highest BCUT2D eigenvalue weighted by atomic mass is 19.3. The molecule has 0 amide bonds. The molecule has 5 nitrogen and oxygen atoms in total. The molecule has 0 saturated carbocycles. The molecule has 0 aliphatic carbocycles. The van der Waals surface area contributed by atoms with Crippen LogP contribution in [0.5, 0.6) is 0 Å². The molecule has 1 saturated heterocycles. The number of fused-ring (bicyclic) bond motifs is 1. The van der Waals surface area contributed by atoms with Crippen LogP contribution >= 0.6 is 0 Å². The van der Waals surface area contributed by atoms with Crippen molar-refractivity contribution in [3.05, 3.63) is 58.8 Å². The second kappa shape index (κ2) is 8.52. The van der Waals surface area contributed by atoms with E-state index < -0.39 is 6.43 Å². The first-order valence-corrected chi connectivity index (χ1v) is 10.3. The van der Waals surface area contributed by atoms with Gasteiger partial charge in [-0.1, -0.05) is 24.3 Å². The number of alkyl halides is 2. The Labute approximate surface area is 175 Å². The van der Waals surface area contributed by atoms with E-state index in [2.05, 4.69) is 43.9 Å². The zero-order valence-electron chi connectivity index (χ0n) is 17.5. The molecule has 30 heavy (non-hydrogen) atoms. The summed E-state index contributed by atoms with van der Waals surface area (Å²) in [6, 6.07) is 11.2. The Bertz CT molecular complexity index is 1050. The van der Waals surface area contributed by atoms with Crippen molar-refractivity contribution < 1.29 is 8.78 Å². The summed E-state index contributed by atoms with van der Waals surface area (Å²) in [5.74, 6) is 0.668. The maximum Gasteiger partial charge on any atom is 0.264 e. The van der Waals surface area contributed by atoms with E-state index in [0.29, 0.717) is 11.4 Å². The molecule has 1 fully saturated rings. The minimum absolute atomic E-state index is 0.0713. The number of aromatic nitrogens is 2. The van der Waals surface area contributed by atoms with Gasteiger partial charge in [0.1, 0.15) is 0 Å². The smallest absolute Gasteiger partial charge is 0.264 e. The number of piperazine rings is 1. The highest BCUT2D eigenvalue weighted by molar-refractivity contribution is 5.95. The van der Waals surface area contributed by atoms with Crippen molar-refractivity contribution >= 4 is 22.3 Å². The quantitative estimate of drug-likeness (QED) is 0.634. The molecule has 158 valence electrons. The zero-order chi connectivity index (χ0) is 21.3. The van der Waals surface area contributed by atoms with Gasteiger partial charge in [0.15, 0.2) is 5.82 Å². The molecule has 2 N–H and O–H groups in total. The Hall–Kier alpha value is -2.80. The van der Waals surface area contributed by atoms with Crippen LogP contribution in [0.3, 0.4) is 0 Å². The highest BCUT2D eigenvalue weighted by Gasteiger charge is 2.18. The summed E-state index contributed by atoms with van der Waals surface area (Å²) in [4.78, 5) is 2.36. The molecule has 1 aliphatic heterocycles. The van der Waals surface area contributed by atoms with E-state index >= 15 is 0 Å². The number of halogens is 2. The van der Waals surface area contributed by atoms with Crippen LogP contribution in [0, 0.1) is 13.8 Å². The Morgan fingerprint density at radius 1 is 1.00 bits per heavy atom.